The first-order valence-electron chi connectivity index (χ1n) is 14.2. The Morgan fingerprint density at radius 3 is 2.50 bits per heavy atom. The molecule has 6 heteroatoms. The molecule has 1 N–H and O–H groups in total. The van der Waals surface area contributed by atoms with Gasteiger partial charge in [-0.2, -0.15) is 13.2 Å². The number of anilines is 1. The summed E-state index contributed by atoms with van der Waals surface area (Å²) in [7, 11) is 2.06. The summed E-state index contributed by atoms with van der Waals surface area (Å²) in [6.45, 7) is 14.8. The Hall–Kier alpha value is -3.28. The number of likely N-dealkylation sites (N-methyl/N-ethyl adjacent to an activating group) is 1. The molecule has 0 radical (unpaired) electrons. The van der Waals surface area contributed by atoms with Crippen LogP contribution in [0.25, 0.3) is 6.08 Å². The summed E-state index contributed by atoms with van der Waals surface area (Å²) < 4.78 is 41.5. The standard InChI is InChI=1S/C34H44F3N3/c1-9-12-26(20-27(13-10-2)34(35,36)37)29(23(5)6)21-31-30(14-11-19-40(31)8)39-33-32-24(7)28(22(3)4)16-15-25(32)17-18-38-33/h9,12-13,15-18,20-21,24,30H,10-11,14,19H2,1-8H3,(H,38,39)/b12-9-,26-20+,27-13-,31-21-. The van der Waals surface area contributed by atoms with Gasteiger partial charge in [-0.15, -0.1) is 0 Å². The Morgan fingerprint density at radius 1 is 1.18 bits per heavy atom. The maximum absolute atomic E-state index is 13.8. The molecule has 2 atom stereocenters. The maximum Gasteiger partial charge on any atom is 0.416 e. The average molecular weight is 552 g/mol. The predicted octanol–water partition coefficient (Wildman–Crippen LogP) is 9.68. The number of pyridine rings is 1. The van der Waals surface area contributed by atoms with Gasteiger partial charge in [0.2, 0.25) is 0 Å². The topological polar surface area (TPSA) is 28.2 Å². The minimum absolute atomic E-state index is 0.0273. The van der Waals surface area contributed by atoms with E-state index in [9.17, 15) is 13.2 Å². The molecule has 1 saturated heterocycles. The Morgan fingerprint density at radius 2 is 1.90 bits per heavy atom. The lowest BCUT2D eigenvalue weighted by atomic mass is 9.83. The number of allylic oxidation sites excluding steroid dienone is 12. The van der Waals surface area contributed by atoms with E-state index in [4.69, 9.17) is 4.98 Å². The molecule has 1 aromatic rings. The summed E-state index contributed by atoms with van der Waals surface area (Å²) in [4.78, 5) is 6.99. The number of nitrogens with zero attached hydrogens (tertiary/aromatic N) is 2. The van der Waals surface area contributed by atoms with Crippen LogP contribution in [-0.2, 0) is 0 Å². The van der Waals surface area contributed by atoms with Crippen LogP contribution in [0.3, 0.4) is 0 Å². The van der Waals surface area contributed by atoms with Crippen molar-refractivity contribution in [2.24, 2.45) is 0 Å². The zero-order valence-electron chi connectivity index (χ0n) is 25.2. The Kier molecular flexibility index (Phi) is 10.5. The maximum atomic E-state index is 13.8. The first-order valence-corrected chi connectivity index (χ1v) is 14.2. The number of halogens is 3. The van der Waals surface area contributed by atoms with E-state index in [2.05, 4.69) is 62.3 Å². The van der Waals surface area contributed by atoms with E-state index in [1.54, 1.807) is 19.1 Å². The van der Waals surface area contributed by atoms with Crippen molar-refractivity contribution in [3.05, 3.63) is 99.0 Å². The molecule has 1 aliphatic carbocycles. The van der Waals surface area contributed by atoms with Crippen molar-refractivity contribution in [1.29, 1.82) is 0 Å². The molecule has 1 fully saturated rings. The van der Waals surface area contributed by atoms with Crippen LogP contribution in [0, 0.1) is 0 Å². The number of piperidine rings is 1. The van der Waals surface area contributed by atoms with Gasteiger partial charge >= 0.3 is 6.18 Å². The normalized spacial score (nSPS) is 21.2. The molecule has 0 bridgehead atoms. The van der Waals surface area contributed by atoms with E-state index >= 15 is 0 Å². The van der Waals surface area contributed by atoms with Gasteiger partial charge in [-0.05, 0) is 94.4 Å². The van der Waals surface area contributed by atoms with E-state index < -0.39 is 11.7 Å². The smallest absolute Gasteiger partial charge is 0.376 e. The van der Waals surface area contributed by atoms with Gasteiger partial charge in [0.1, 0.15) is 5.82 Å². The Labute approximate surface area is 238 Å². The molecular weight excluding hydrogens is 507 g/mol. The summed E-state index contributed by atoms with van der Waals surface area (Å²) in [5.74, 6) is 1.08. The van der Waals surface area contributed by atoms with Crippen LogP contribution in [0.15, 0.2) is 87.9 Å². The molecule has 2 unspecified atom stereocenters. The lowest BCUT2D eigenvalue weighted by Gasteiger charge is -2.37. The average Bonchev–Trinajstić information content (AvgIpc) is 2.87. The third-order valence-electron chi connectivity index (χ3n) is 7.59. The van der Waals surface area contributed by atoms with Crippen LogP contribution in [-0.4, -0.2) is 35.7 Å². The summed E-state index contributed by atoms with van der Waals surface area (Å²) in [6.07, 6.45) is 12.2. The molecule has 0 saturated carbocycles. The van der Waals surface area contributed by atoms with Gasteiger partial charge in [0.05, 0.1) is 11.6 Å². The molecule has 1 aromatic heterocycles. The Balaban J connectivity index is 2.10. The number of nitrogens with one attached hydrogen (secondary N) is 1. The van der Waals surface area contributed by atoms with E-state index in [0.717, 1.165) is 47.6 Å². The number of alkyl halides is 3. The van der Waals surface area contributed by atoms with Crippen molar-refractivity contribution in [2.75, 3.05) is 18.9 Å². The molecule has 1 aliphatic heterocycles. The largest absolute Gasteiger partial charge is 0.416 e. The molecule has 0 spiro atoms. The lowest BCUT2D eigenvalue weighted by Crippen LogP contribution is -2.38. The second-order valence-corrected chi connectivity index (χ2v) is 11.1. The Bertz CT molecular complexity index is 1290. The quantitative estimate of drug-likeness (QED) is 0.342. The summed E-state index contributed by atoms with van der Waals surface area (Å²) >= 11 is 0. The molecule has 3 rings (SSSR count). The molecule has 3 nitrogen and oxygen atoms in total. The van der Waals surface area contributed by atoms with Crippen molar-refractivity contribution in [2.45, 2.75) is 85.9 Å². The first-order chi connectivity index (χ1) is 18.9. The number of aromatic nitrogens is 1. The first kappa shape index (κ1) is 31.3. The highest BCUT2D eigenvalue weighted by Crippen LogP contribution is 2.40. The molecular formula is C34H44F3N3. The summed E-state index contributed by atoms with van der Waals surface area (Å²) in [6, 6.07) is 2.02. The fourth-order valence-corrected chi connectivity index (χ4v) is 5.58. The molecule has 40 heavy (non-hydrogen) atoms. The predicted molar refractivity (Wildman–Crippen MR) is 163 cm³/mol. The van der Waals surface area contributed by atoms with E-state index in [-0.39, 0.29) is 12.0 Å². The number of fused-ring (bicyclic) bond motifs is 1. The number of hydrogen-bond donors (Lipinski definition) is 1. The highest BCUT2D eigenvalue weighted by molar-refractivity contribution is 5.70. The van der Waals surface area contributed by atoms with Crippen LogP contribution in [0.1, 0.15) is 84.8 Å². The fourth-order valence-electron chi connectivity index (χ4n) is 5.58. The van der Waals surface area contributed by atoms with Crippen LogP contribution in [0.2, 0.25) is 0 Å². The lowest BCUT2D eigenvalue weighted by molar-refractivity contribution is -0.0884. The van der Waals surface area contributed by atoms with Gasteiger partial charge < -0.3 is 10.2 Å². The van der Waals surface area contributed by atoms with Gasteiger partial charge in [-0.3, -0.25) is 0 Å². The summed E-state index contributed by atoms with van der Waals surface area (Å²) in [5, 5.41) is 3.75. The zero-order valence-corrected chi connectivity index (χ0v) is 25.2. The van der Waals surface area contributed by atoms with Gasteiger partial charge in [-0.1, -0.05) is 55.4 Å². The third kappa shape index (κ3) is 7.26. The molecule has 0 amide bonds. The van der Waals surface area contributed by atoms with Crippen molar-refractivity contribution >= 4 is 11.9 Å². The molecule has 0 aromatic carbocycles. The van der Waals surface area contributed by atoms with Crippen LogP contribution in [0.4, 0.5) is 19.0 Å². The highest BCUT2D eigenvalue weighted by atomic mass is 19.4. The minimum atomic E-state index is -4.41. The van der Waals surface area contributed by atoms with Crippen molar-refractivity contribution in [1.82, 2.24) is 9.88 Å². The minimum Gasteiger partial charge on any atom is -0.376 e. The van der Waals surface area contributed by atoms with Crippen molar-refractivity contribution < 1.29 is 13.2 Å². The van der Waals surface area contributed by atoms with E-state index in [1.807, 2.05) is 27.0 Å². The highest BCUT2D eigenvalue weighted by Gasteiger charge is 2.32. The van der Waals surface area contributed by atoms with Crippen molar-refractivity contribution in [3.63, 3.8) is 0 Å². The zero-order chi connectivity index (χ0) is 29.6. The van der Waals surface area contributed by atoms with E-state index in [0.29, 0.717) is 12.0 Å². The van der Waals surface area contributed by atoms with E-state index in [1.165, 1.54) is 28.9 Å². The molecule has 2 aliphatic rings. The van der Waals surface area contributed by atoms with Crippen LogP contribution < -0.4 is 5.32 Å². The van der Waals surface area contributed by atoms with Crippen LogP contribution in [0.5, 0.6) is 0 Å². The number of likely N-dealkylation sites (tertiary alicyclic amines) is 1. The second-order valence-electron chi connectivity index (χ2n) is 11.1. The van der Waals surface area contributed by atoms with Gasteiger partial charge in [0.25, 0.3) is 0 Å². The monoisotopic (exact) mass is 551 g/mol. The number of rotatable bonds is 7. The van der Waals surface area contributed by atoms with Crippen molar-refractivity contribution in [3.8, 4) is 0 Å². The fraction of sp³-hybridized carbons (Fsp3) is 0.441. The molecule has 216 valence electrons. The van der Waals surface area contributed by atoms with Gasteiger partial charge in [0, 0.05) is 37.0 Å². The second kappa shape index (κ2) is 13.4. The molecule has 2 heterocycles. The van der Waals surface area contributed by atoms with Crippen LogP contribution >= 0.6 is 0 Å². The number of hydrogen-bond acceptors (Lipinski definition) is 3. The van der Waals surface area contributed by atoms with Gasteiger partial charge in [-0.25, -0.2) is 4.98 Å². The summed E-state index contributed by atoms with van der Waals surface area (Å²) in [5.41, 5.74) is 7.66. The third-order valence-corrected chi connectivity index (χ3v) is 7.59. The van der Waals surface area contributed by atoms with Gasteiger partial charge in [0.15, 0.2) is 0 Å². The SMILES string of the molecule is C\C=C/C(=C\C(=C\CC)C(F)(F)F)C(/C=C1/C(Nc2nccc3c2C(C)C(=C(C)C)C=C3)CCCN1C)=C(C)C.